The zero-order valence-corrected chi connectivity index (χ0v) is 17.5. The van der Waals surface area contributed by atoms with Gasteiger partial charge in [-0.05, 0) is 48.4 Å². The Labute approximate surface area is 169 Å². The van der Waals surface area contributed by atoms with Crippen molar-refractivity contribution in [1.82, 2.24) is 9.62 Å². The van der Waals surface area contributed by atoms with Crippen LogP contribution in [0.1, 0.15) is 11.1 Å². The molecule has 27 heavy (non-hydrogen) atoms. The molecule has 1 N–H and O–H groups in total. The summed E-state index contributed by atoms with van der Waals surface area (Å²) in [4.78, 5) is 12.2. The van der Waals surface area contributed by atoms with Crippen LogP contribution in [-0.4, -0.2) is 39.3 Å². The number of halogens is 2. The van der Waals surface area contributed by atoms with Crippen molar-refractivity contribution < 1.29 is 17.9 Å². The highest BCUT2D eigenvalue weighted by Gasteiger charge is 2.23. The minimum atomic E-state index is -3.80. The maximum absolute atomic E-state index is 12.7. The van der Waals surface area contributed by atoms with E-state index in [9.17, 15) is 13.2 Å². The van der Waals surface area contributed by atoms with E-state index >= 15 is 0 Å². The minimum absolute atomic E-state index is 0.0943. The third kappa shape index (κ3) is 5.35. The Morgan fingerprint density at radius 2 is 1.89 bits per heavy atom. The Balaban J connectivity index is 2.03. The fraction of sp³-hybridized carbons (Fsp3) is 0.278. The molecule has 0 aliphatic carbocycles. The van der Waals surface area contributed by atoms with Gasteiger partial charge in [-0.2, -0.15) is 4.31 Å². The number of sulfonamides is 1. The standard InChI is InChI=1S/C18H20Cl2N2O4S/c1-12-8-15(6-7-17(12)26-3)27(24,25)22(2)11-18(23)21-10-13-4-5-14(19)9-16(13)20/h4-9H,10-11H2,1-3H3,(H,21,23). The summed E-state index contributed by atoms with van der Waals surface area (Å²) >= 11 is 11.9. The summed E-state index contributed by atoms with van der Waals surface area (Å²) in [6, 6.07) is 9.48. The van der Waals surface area contributed by atoms with E-state index in [-0.39, 0.29) is 18.0 Å². The van der Waals surface area contributed by atoms with E-state index in [0.29, 0.717) is 26.9 Å². The maximum Gasteiger partial charge on any atom is 0.243 e. The van der Waals surface area contributed by atoms with Gasteiger partial charge in [-0.15, -0.1) is 0 Å². The van der Waals surface area contributed by atoms with Crippen LogP contribution in [0.15, 0.2) is 41.3 Å². The average molecular weight is 431 g/mol. The quantitative estimate of drug-likeness (QED) is 0.731. The molecule has 0 fully saturated rings. The van der Waals surface area contributed by atoms with Crippen LogP contribution >= 0.6 is 23.2 Å². The summed E-state index contributed by atoms with van der Waals surface area (Å²) in [6.07, 6.45) is 0. The average Bonchev–Trinajstić information content (AvgIpc) is 2.60. The fourth-order valence-electron chi connectivity index (χ4n) is 2.39. The number of carbonyl (C=O) groups excluding carboxylic acids is 1. The number of hydrogen-bond donors (Lipinski definition) is 1. The van der Waals surface area contributed by atoms with Gasteiger partial charge in [0.05, 0.1) is 18.6 Å². The number of benzene rings is 2. The van der Waals surface area contributed by atoms with Crippen LogP contribution in [0.3, 0.4) is 0 Å². The van der Waals surface area contributed by atoms with Crippen molar-refractivity contribution in [2.75, 3.05) is 20.7 Å². The van der Waals surface area contributed by atoms with Crippen molar-refractivity contribution in [3.05, 3.63) is 57.6 Å². The molecular weight excluding hydrogens is 411 g/mol. The van der Waals surface area contributed by atoms with Gasteiger partial charge in [0.15, 0.2) is 0 Å². The van der Waals surface area contributed by atoms with Crippen molar-refractivity contribution in [2.24, 2.45) is 0 Å². The van der Waals surface area contributed by atoms with Crippen LogP contribution in [-0.2, 0) is 21.4 Å². The lowest BCUT2D eigenvalue weighted by atomic mass is 10.2. The zero-order chi connectivity index (χ0) is 20.2. The summed E-state index contributed by atoms with van der Waals surface area (Å²) < 4.78 is 31.4. The summed E-state index contributed by atoms with van der Waals surface area (Å²) in [5.41, 5.74) is 1.37. The second-order valence-corrected chi connectivity index (χ2v) is 8.79. The highest BCUT2D eigenvalue weighted by atomic mass is 35.5. The zero-order valence-electron chi connectivity index (χ0n) is 15.1. The predicted molar refractivity (Wildman–Crippen MR) is 106 cm³/mol. The largest absolute Gasteiger partial charge is 0.496 e. The molecule has 0 unspecified atom stereocenters. The molecule has 0 aliphatic rings. The Morgan fingerprint density at radius 1 is 1.19 bits per heavy atom. The summed E-state index contributed by atoms with van der Waals surface area (Å²) in [6.45, 7) is 1.60. The molecule has 0 spiro atoms. The monoisotopic (exact) mass is 430 g/mol. The Bertz CT molecular complexity index is 948. The first-order valence-corrected chi connectivity index (χ1v) is 10.2. The number of carbonyl (C=O) groups is 1. The van der Waals surface area contributed by atoms with Crippen LogP contribution in [0.4, 0.5) is 0 Å². The molecule has 0 saturated carbocycles. The van der Waals surface area contributed by atoms with Gasteiger partial charge < -0.3 is 10.1 Å². The molecule has 2 rings (SSSR count). The lowest BCUT2D eigenvalue weighted by Gasteiger charge is -2.18. The first kappa shape index (κ1) is 21.5. The number of nitrogens with one attached hydrogen (secondary N) is 1. The molecule has 2 aromatic carbocycles. The van der Waals surface area contributed by atoms with Gasteiger partial charge in [0.1, 0.15) is 5.75 Å². The first-order chi connectivity index (χ1) is 12.6. The number of ether oxygens (including phenoxy) is 1. The van der Waals surface area contributed by atoms with E-state index in [2.05, 4.69) is 5.32 Å². The molecular formula is C18H20Cl2N2O4S. The lowest BCUT2D eigenvalue weighted by molar-refractivity contribution is -0.121. The molecule has 146 valence electrons. The number of methoxy groups -OCH3 is 1. The second-order valence-electron chi connectivity index (χ2n) is 5.90. The minimum Gasteiger partial charge on any atom is -0.496 e. The second kappa shape index (κ2) is 8.93. The van der Waals surface area contributed by atoms with E-state index in [1.165, 1.54) is 26.3 Å². The van der Waals surface area contributed by atoms with Crippen LogP contribution < -0.4 is 10.1 Å². The molecule has 0 atom stereocenters. The molecule has 0 aromatic heterocycles. The van der Waals surface area contributed by atoms with Gasteiger partial charge in [-0.1, -0.05) is 29.3 Å². The number of rotatable bonds is 7. The Morgan fingerprint density at radius 3 is 2.48 bits per heavy atom. The number of aryl methyl sites for hydroxylation is 1. The first-order valence-electron chi connectivity index (χ1n) is 7.96. The normalized spacial score (nSPS) is 11.5. The van der Waals surface area contributed by atoms with E-state index in [1.54, 1.807) is 31.2 Å². The van der Waals surface area contributed by atoms with Gasteiger partial charge >= 0.3 is 0 Å². The Kier molecular flexibility index (Phi) is 7.11. The van der Waals surface area contributed by atoms with Gasteiger partial charge in [0.25, 0.3) is 0 Å². The highest BCUT2D eigenvalue weighted by molar-refractivity contribution is 7.89. The molecule has 0 bridgehead atoms. The number of nitrogens with zero attached hydrogens (tertiary/aromatic N) is 1. The van der Waals surface area contributed by atoms with Crippen LogP contribution in [0.2, 0.25) is 10.0 Å². The van der Waals surface area contributed by atoms with Crippen molar-refractivity contribution in [1.29, 1.82) is 0 Å². The summed E-state index contributed by atoms with van der Waals surface area (Å²) in [5.74, 6) is 0.145. The fourth-order valence-corrected chi connectivity index (χ4v) is 4.08. The van der Waals surface area contributed by atoms with E-state index in [1.807, 2.05) is 0 Å². The number of hydrogen-bond acceptors (Lipinski definition) is 4. The smallest absolute Gasteiger partial charge is 0.243 e. The topological polar surface area (TPSA) is 75.7 Å². The predicted octanol–water partition coefficient (Wildman–Crippen LogP) is 3.25. The molecule has 1 amide bonds. The molecule has 0 radical (unpaired) electrons. The lowest BCUT2D eigenvalue weighted by Crippen LogP contribution is -2.38. The van der Waals surface area contributed by atoms with Gasteiger partial charge in [-0.3, -0.25) is 4.79 Å². The van der Waals surface area contributed by atoms with Gasteiger partial charge in [0.2, 0.25) is 15.9 Å². The highest BCUT2D eigenvalue weighted by Crippen LogP contribution is 2.23. The molecule has 0 aliphatic heterocycles. The molecule has 6 nitrogen and oxygen atoms in total. The molecule has 0 heterocycles. The van der Waals surface area contributed by atoms with Crippen molar-refractivity contribution >= 4 is 39.1 Å². The number of amides is 1. The van der Waals surface area contributed by atoms with Gasteiger partial charge in [0, 0.05) is 23.6 Å². The maximum atomic E-state index is 12.7. The van der Waals surface area contributed by atoms with Crippen LogP contribution in [0.25, 0.3) is 0 Å². The number of likely N-dealkylation sites (N-methyl/N-ethyl adjacent to an activating group) is 1. The van der Waals surface area contributed by atoms with E-state index < -0.39 is 15.9 Å². The molecule has 9 heteroatoms. The van der Waals surface area contributed by atoms with E-state index in [4.69, 9.17) is 27.9 Å². The van der Waals surface area contributed by atoms with Crippen LogP contribution in [0.5, 0.6) is 5.75 Å². The van der Waals surface area contributed by atoms with Gasteiger partial charge in [-0.25, -0.2) is 8.42 Å². The SMILES string of the molecule is COc1ccc(S(=O)(=O)N(C)CC(=O)NCc2ccc(Cl)cc2Cl)cc1C. The van der Waals surface area contributed by atoms with Crippen molar-refractivity contribution in [3.8, 4) is 5.75 Å². The van der Waals surface area contributed by atoms with Crippen molar-refractivity contribution in [2.45, 2.75) is 18.4 Å². The van der Waals surface area contributed by atoms with Crippen molar-refractivity contribution in [3.63, 3.8) is 0 Å². The van der Waals surface area contributed by atoms with E-state index in [0.717, 1.165) is 4.31 Å². The third-order valence-electron chi connectivity index (χ3n) is 3.93. The summed E-state index contributed by atoms with van der Waals surface area (Å²) in [5, 5.41) is 3.57. The summed E-state index contributed by atoms with van der Waals surface area (Å²) in [7, 11) is -0.940. The Hall–Kier alpha value is -1.80. The molecule has 2 aromatic rings. The third-order valence-corrected chi connectivity index (χ3v) is 6.32. The molecule has 0 saturated heterocycles. The van der Waals surface area contributed by atoms with Crippen LogP contribution in [0, 0.1) is 6.92 Å².